The molecule has 2 rings (SSSR count). The first-order valence-corrected chi connectivity index (χ1v) is 7.18. The predicted octanol–water partition coefficient (Wildman–Crippen LogP) is 0.125. The van der Waals surface area contributed by atoms with Crippen molar-refractivity contribution in [2.75, 3.05) is 0 Å². The van der Waals surface area contributed by atoms with Crippen LogP contribution in [0.3, 0.4) is 0 Å². The molecule has 16 heavy (non-hydrogen) atoms. The fourth-order valence-corrected chi connectivity index (χ4v) is 3.78. The van der Waals surface area contributed by atoms with E-state index in [-0.39, 0.29) is 17.2 Å². The van der Waals surface area contributed by atoms with E-state index in [9.17, 15) is 13.2 Å². The van der Waals surface area contributed by atoms with Gasteiger partial charge in [-0.15, -0.1) is 0 Å². The normalized spacial score (nSPS) is 29.9. The Morgan fingerprint density at radius 2 is 1.94 bits per heavy atom. The lowest BCUT2D eigenvalue weighted by molar-refractivity contribution is -0.125. The van der Waals surface area contributed by atoms with Crippen LogP contribution in [0.4, 0.5) is 0 Å². The third-order valence-corrected chi connectivity index (χ3v) is 5.22. The number of hydrogen-bond acceptors (Lipinski definition) is 3. The lowest BCUT2D eigenvalue weighted by Gasteiger charge is -2.39. The van der Waals surface area contributed by atoms with Gasteiger partial charge in [0, 0.05) is 12.5 Å². The summed E-state index contributed by atoms with van der Waals surface area (Å²) < 4.78 is 26.3. The number of nitrogens with one attached hydrogen (secondary N) is 2. The Bertz CT molecular complexity index is 398. The quantitative estimate of drug-likeness (QED) is 0.743. The van der Waals surface area contributed by atoms with Crippen molar-refractivity contribution in [2.24, 2.45) is 0 Å². The summed E-state index contributed by atoms with van der Waals surface area (Å²) in [6.07, 6.45) is 2.48. The molecule has 0 radical (unpaired) electrons. The molecule has 0 aromatic heterocycles. The van der Waals surface area contributed by atoms with Gasteiger partial charge < -0.3 is 5.32 Å². The Morgan fingerprint density at radius 1 is 1.31 bits per heavy atom. The van der Waals surface area contributed by atoms with Gasteiger partial charge in [-0.05, 0) is 33.1 Å². The van der Waals surface area contributed by atoms with E-state index in [1.807, 2.05) is 13.8 Å². The van der Waals surface area contributed by atoms with Crippen LogP contribution in [0.25, 0.3) is 0 Å². The van der Waals surface area contributed by atoms with Gasteiger partial charge in [-0.1, -0.05) is 0 Å². The Morgan fingerprint density at radius 3 is 2.44 bits per heavy atom. The highest BCUT2D eigenvalue weighted by molar-refractivity contribution is 7.90. The Labute approximate surface area is 96.0 Å². The van der Waals surface area contributed by atoms with E-state index in [0.29, 0.717) is 12.8 Å². The molecule has 0 unspecified atom stereocenters. The minimum atomic E-state index is -3.18. The highest BCUT2D eigenvalue weighted by atomic mass is 32.2. The van der Waals surface area contributed by atoms with E-state index < -0.39 is 15.6 Å². The van der Waals surface area contributed by atoms with E-state index in [0.717, 1.165) is 12.8 Å². The van der Waals surface area contributed by atoms with Gasteiger partial charge in [-0.2, -0.15) is 0 Å². The lowest BCUT2D eigenvalue weighted by atomic mass is 9.88. The Balaban J connectivity index is 2.06. The predicted molar refractivity (Wildman–Crippen MR) is 60.3 cm³/mol. The molecule has 0 aromatic rings. The minimum Gasteiger partial charge on any atom is -0.350 e. The van der Waals surface area contributed by atoms with Crippen LogP contribution in [0.1, 0.15) is 39.5 Å². The zero-order chi connectivity index (χ0) is 12.0. The van der Waals surface area contributed by atoms with Crippen LogP contribution >= 0.6 is 0 Å². The molecule has 1 aliphatic carbocycles. The van der Waals surface area contributed by atoms with E-state index in [2.05, 4.69) is 10.0 Å². The minimum absolute atomic E-state index is 0.00753. The van der Waals surface area contributed by atoms with Gasteiger partial charge in [0.25, 0.3) is 0 Å². The monoisotopic (exact) mass is 246 g/mol. The number of piperidine rings is 1. The third kappa shape index (κ3) is 2.38. The van der Waals surface area contributed by atoms with Crippen LogP contribution in [-0.2, 0) is 14.8 Å². The molecule has 2 N–H and O–H groups in total. The number of sulfonamides is 1. The van der Waals surface area contributed by atoms with E-state index in [4.69, 9.17) is 0 Å². The summed E-state index contributed by atoms with van der Waals surface area (Å²) >= 11 is 0. The molecule has 1 saturated carbocycles. The number of rotatable bonds is 3. The molecule has 92 valence electrons. The molecular weight excluding hydrogens is 228 g/mol. The van der Waals surface area contributed by atoms with E-state index in [1.54, 1.807) is 0 Å². The van der Waals surface area contributed by atoms with Crippen LogP contribution in [0.2, 0.25) is 0 Å². The SMILES string of the molecule is CC1(C)NC(=O)CC[C@H]1NS(=O)(=O)C1CC1. The summed E-state index contributed by atoms with van der Waals surface area (Å²) in [7, 11) is -3.18. The van der Waals surface area contributed by atoms with Crippen molar-refractivity contribution in [3.05, 3.63) is 0 Å². The van der Waals surface area contributed by atoms with Gasteiger partial charge in [0.2, 0.25) is 15.9 Å². The van der Waals surface area contributed by atoms with E-state index >= 15 is 0 Å². The van der Waals surface area contributed by atoms with Crippen LogP contribution in [0.15, 0.2) is 0 Å². The average Bonchev–Trinajstić information content (AvgIpc) is 2.91. The highest BCUT2D eigenvalue weighted by Gasteiger charge is 2.42. The summed E-state index contributed by atoms with van der Waals surface area (Å²) in [4.78, 5) is 11.2. The molecule has 6 heteroatoms. The zero-order valence-electron chi connectivity index (χ0n) is 9.62. The molecular formula is C10H18N2O3S. The fourth-order valence-electron chi connectivity index (χ4n) is 2.02. The second kappa shape index (κ2) is 3.70. The molecule has 0 aromatic carbocycles. The Hall–Kier alpha value is -0.620. The largest absolute Gasteiger partial charge is 0.350 e. The summed E-state index contributed by atoms with van der Waals surface area (Å²) in [5.74, 6) is -0.00753. The average molecular weight is 246 g/mol. The second-order valence-corrected chi connectivity index (χ2v) is 7.22. The van der Waals surface area contributed by atoms with Crippen molar-refractivity contribution in [1.29, 1.82) is 0 Å². The Kier molecular flexibility index (Phi) is 2.74. The standard InChI is InChI=1S/C10H18N2O3S/c1-10(2)8(5-6-9(13)11-10)12-16(14,15)7-3-4-7/h7-8,12H,3-6H2,1-2H3,(H,11,13)/t8-/m1/s1. The summed E-state index contributed by atoms with van der Waals surface area (Å²) in [6.45, 7) is 3.70. The van der Waals surface area contributed by atoms with E-state index in [1.165, 1.54) is 0 Å². The maximum atomic E-state index is 11.8. The maximum Gasteiger partial charge on any atom is 0.220 e. The summed E-state index contributed by atoms with van der Waals surface area (Å²) in [5, 5.41) is 2.61. The first-order valence-electron chi connectivity index (χ1n) is 5.63. The molecule has 1 atom stereocenters. The van der Waals surface area contributed by atoms with Crippen LogP contribution in [0, 0.1) is 0 Å². The summed E-state index contributed by atoms with van der Waals surface area (Å²) in [5.41, 5.74) is -0.503. The molecule has 1 saturated heterocycles. The summed E-state index contributed by atoms with van der Waals surface area (Å²) in [6, 6.07) is -0.198. The molecule has 1 aliphatic heterocycles. The van der Waals surface area contributed by atoms with Crippen molar-refractivity contribution in [3.8, 4) is 0 Å². The van der Waals surface area contributed by atoms with Crippen LogP contribution < -0.4 is 10.0 Å². The number of hydrogen-bond donors (Lipinski definition) is 2. The zero-order valence-corrected chi connectivity index (χ0v) is 10.4. The molecule has 0 bridgehead atoms. The van der Waals surface area contributed by atoms with Crippen LogP contribution in [-0.4, -0.2) is 31.2 Å². The molecule has 0 spiro atoms. The van der Waals surface area contributed by atoms with Gasteiger partial charge in [-0.25, -0.2) is 13.1 Å². The topological polar surface area (TPSA) is 75.3 Å². The fraction of sp³-hybridized carbons (Fsp3) is 0.900. The first-order chi connectivity index (χ1) is 7.31. The number of carbonyl (C=O) groups is 1. The lowest BCUT2D eigenvalue weighted by Crippen LogP contribution is -2.62. The molecule has 5 nitrogen and oxygen atoms in total. The third-order valence-electron chi connectivity index (χ3n) is 3.26. The van der Waals surface area contributed by atoms with Gasteiger partial charge >= 0.3 is 0 Å². The van der Waals surface area contributed by atoms with Crippen molar-refractivity contribution in [2.45, 2.75) is 56.4 Å². The van der Waals surface area contributed by atoms with Crippen molar-refractivity contribution < 1.29 is 13.2 Å². The van der Waals surface area contributed by atoms with Crippen molar-refractivity contribution in [1.82, 2.24) is 10.0 Å². The van der Waals surface area contributed by atoms with Crippen molar-refractivity contribution in [3.63, 3.8) is 0 Å². The number of carbonyl (C=O) groups excluding carboxylic acids is 1. The van der Waals surface area contributed by atoms with Crippen LogP contribution in [0.5, 0.6) is 0 Å². The maximum absolute atomic E-state index is 11.8. The highest BCUT2D eigenvalue weighted by Crippen LogP contribution is 2.29. The van der Waals surface area contributed by atoms with Gasteiger partial charge in [0.1, 0.15) is 0 Å². The van der Waals surface area contributed by atoms with Gasteiger partial charge in [0.15, 0.2) is 0 Å². The molecule has 2 aliphatic rings. The van der Waals surface area contributed by atoms with Crippen molar-refractivity contribution >= 4 is 15.9 Å². The molecule has 1 amide bonds. The smallest absolute Gasteiger partial charge is 0.220 e. The second-order valence-electron chi connectivity index (χ2n) is 5.22. The molecule has 1 heterocycles. The van der Waals surface area contributed by atoms with Gasteiger partial charge in [-0.3, -0.25) is 4.79 Å². The molecule has 2 fully saturated rings. The first kappa shape index (κ1) is 11.9. The number of amides is 1. The van der Waals surface area contributed by atoms with Gasteiger partial charge in [0.05, 0.1) is 10.8 Å².